The molecule has 0 bridgehead atoms. The first-order chi connectivity index (χ1) is 16.0. The second kappa shape index (κ2) is 8.47. The largest absolute Gasteiger partial charge is 0.462 e. The molecule has 4 fully saturated rings. The van der Waals surface area contributed by atoms with Crippen molar-refractivity contribution in [3.05, 3.63) is 35.9 Å². The maximum absolute atomic E-state index is 14.1. The molecule has 1 spiro atoms. The van der Waals surface area contributed by atoms with Crippen molar-refractivity contribution in [2.24, 2.45) is 29.1 Å². The smallest absolute Gasteiger partial charge is 0.312 e. The van der Waals surface area contributed by atoms with Crippen LogP contribution in [0.2, 0.25) is 19.6 Å². The fourth-order valence-electron chi connectivity index (χ4n) is 8.95. The molecule has 0 heterocycles. The Balaban J connectivity index is 1.41. The number of carbonyl (C=O) groups is 1. The number of carbonyl (C=O) groups excluding carboxylic acids is 1. The number of ether oxygens (including phenoxy) is 1. The summed E-state index contributed by atoms with van der Waals surface area (Å²) in [5, 5.41) is 0. The standard InChI is InChI=1S/C30H46O3Si/c1-21-15-16-23(28(2,3)22-12-8-7-9-13-22)25(20-21)32-27(31)26-24-14-10-17-29(24)18-11-19-30(26,29)33-34(4,5)6/h7-9,12-13,21,23-26H,10-11,14-20H2,1-6H3/t21-,23-,24+,25-,26-,29-,30-/m1/s1. The van der Waals surface area contributed by atoms with E-state index in [4.69, 9.17) is 9.16 Å². The first-order valence-electron chi connectivity index (χ1n) is 14.0. The Morgan fingerprint density at radius 1 is 1.00 bits per heavy atom. The van der Waals surface area contributed by atoms with Crippen LogP contribution in [0, 0.1) is 29.1 Å². The number of hydrogen-bond donors (Lipinski definition) is 0. The van der Waals surface area contributed by atoms with Crippen molar-refractivity contribution in [3.63, 3.8) is 0 Å². The normalized spacial score (nSPS) is 39.8. The number of benzene rings is 1. The minimum absolute atomic E-state index is 0.00630. The van der Waals surface area contributed by atoms with E-state index in [1.54, 1.807) is 0 Å². The summed E-state index contributed by atoms with van der Waals surface area (Å²) >= 11 is 0. The minimum atomic E-state index is -1.80. The van der Waals surface area contributed by atoms with E-state index < -0.39 is 8.32 Å². The Labute approximate surface area is 208 Å². The van der Waals surface area contributed by atoms with Gasteiger partial charge >= 0.3 is 5.97 Å². The van der Waals surface area contributed by atoms with Crippen molar-refractivity contribution in [3.8, 4) is 0 Å². The average molecular weight is 483 g/mol. The zero-order chi connectivity index (χ0) is 24.4. The van der Waals surface area contributed by atoms with Crippen molar-refractivity contribution in [2.75, 3.05) is 0 Å². The third-order valence-corrected chi connectivity index (χ3v) is 11.3. The molecule has 0 radical (unpaired) electrons. The maximum Gasteiger partial charge on any atom is 0.312 e. The fraction of sp³-hybridized carbons (Fsp3) is 0.767. The second-order valence-corrected chi connectivity index (χ2v) is 18.1. The van der Waals surface area contributed by atoms with Gasteiger partial charge in [0.15, 0.2) is 8.32 Å². The first-order valence-corrected chi connectivity index (χ1v) is 17.4. The van der Waals surface area contributed by atoms with Crippen LogP contribution in [-0.4, -0.2) is 26.0 Å². The van der Waals surface area contributed by atoms with Crippen LogP contribution >= 0.6 is 0 Å². The molecule has 0 N–H and O–H groups in total. The zero-order valence-electron chi connectivity index (χ0n) is 22.4. The van der Waals surface area contributed by atoms with E-state index in [2.05, 4.69) is 70.7 Å². The quantitative estimate of drug-likeness (QED) is 0.311. The highest BCUT2D eigenvalue weighted by atomic mass is 28.4. The van der Waals surface area contributed by atoms with Gasteiger partial charge in [0, 0.05) is 11.3 Å². The summed E-state index contributed by atoms with van der Waals surface area (Å²) in [4.78, 5) is 14.1. The fourth-order valence-corrected chi connectivity index (χ4v) is 10.5. The molecule has 7 atom stereocenters. The topological polar surface area (TPSA) is 35.5 Å². The molecule has 4 aliphatic carbocycles. The highest BCUT2D eigenvalue weighted by molar-refractivity contribution is 6.69. The van der Waals surface area contributed by atoms with E-state index >= 15 is 0 Å². The molecule has 0 aliphatic heterocycles. The monoisotopic (exact) mass is 482 g/mol. The van der Waals surface area contributed by atoms with Gasteiger partial charge in [0.05, 0.1) is 11.5 Å². The van der Waals surface area contributed by atoms with Crippen LogP contribution in [0.25, 0.3) is 0 Å². The van der Waals surface area contributed by atoms with Crippen molar-refractivity contribution < 1.29 is 14.0 Å². The highest BCUT2D eigenvalue weighted by Crippen LogP contribution is 2.75. The minimum Gasteiger partial charge on any atom is -0.462 e. The van der Waals surface area contributed by atoms with Crippen LogP contribution in [0.15, 0.2) is 30.3 Å². The lowest BCUT2D eigenvalue weighted by atomic mass is 9.46. The number of hydrogen-bond acceptors (Lipinski definition) is 3. The summed E-state index contributed by atoms with van der Waals surface area (Å²) in [5.41, 5.74) is 1.33. The van der Waals surface area contributed by atoms with Crippen LogP contribution in [0.1, 0.15) is 84.1 Å². The van der Waals surface area contributed by atoms with Crippen molar-refractivity contribution in [1.82, 2.24) is 0 Å². The van der Waals surface area contributed by atoms with Crippen LogP contribution in [0.4, 0.5) is 0 Å². The van der Waals surface area contributed by atoms with Gasteiger partial charge in [-0.15, -0.1) is 0 Å². The number of rotatable bonds is 6. The summed E-state index contributed by atoms with van der Waals surface area (Å²) in [6.45, 7) is 13.9. The van der Waals surface area contributed by atoms with Crippen LogP contribution < -0.4 is 0 Å². The van der Waals surface area contributed by atoms with Gasteiger partial charge in [0.25, 0.3) is 0 Å². The molecule has 188 valence electrons. The summed E-state index contributed by atoms with van der Waals surface area (Å²) < 4.78 is 13.7. The van der Waals surface area contributed by atoms with E-state index in [0.717, 1.165) is 19.3 Å². The number of esters is 1. The summed E-state index contributed by atoms with van der Waals surface area (Å²) in [7, 11) is -1.80. The molecular weight excluding hydrogens is 436 g/mol. The Morgan fingerprint density at radius 2 is 1.71 bits per heavy atom. The first kappa shape index (κ1) is 24.6. The van der Waals surface area contributed by atoms with Gasteiger partial charge in [-0.25, -0.2) is 0 Å². The third kappa shape index (κ3) is 3.73. The predicted octanol–water partition coefficient (Wildman–Crippen LogP) is 7.50. The van der Waals surface area contributed by atoms with E-state index in [1.807, 2.05) is 0 Å². The lowest BCUT2D eigenvalue weighted by molar-refractivity contribution is -0.237. The van der Waals surface area contributed by atoms with Gasteiger partial charge in [-0.1, -0.05) is 63.9 Å². The summed E-state index contributed by atoms with van der Waals surface area (Å²) in [6.07, 6.45) is 10.5. The molecule has 0 aromatic heterocycles. The SMILES string of the molecule is C[C@@H]1CC[C@@H](C(C)(C)c2ccccc2)[C@H](OC(=O)[C@H]2[C@@H]3CCC[C@@]34CCC[C@@]24O[Si](C)(C)C)C1. The van der Waals surface area contributed by atoms with Gasteiger partial charge in [-0.3, -0.25) is 4.79 Å². The molecule has 1 aromatic rings. The van der Waals surface area contributed by atoms with E-state index in [-0.39, 0.29) is 34.4 Å². The Kier molecular flexibility index (Phi) is 6.12. The Bertz CT molecular complexity index is 901. The lowest BCUT2D eigenvalue weighted by Gasteiger charge is -2.64. The molecule has 5 rings (SSSR count). The Hall–Kier alpha value is -1.13. The summed E-state index contributed by atoms with van der Waals surface area (Å²) in [6, 6.07) is 10.8. The van der Waals surface area contributed by atoms with Crippen LogP contribution in [0.5, 0.6) is 0 Å². The lowest BCUT2D eigenvalue weighted by Crippen LogP contribution is -2.71. The molecule has 0 saturated heterocycles. The molecule has 4 heteroatoms. The molecule has 34 heavy (non-hydrogen) atoms. The van der Waals surface area contributed by atoms with E-state index in [9.17, 15) is 4.79 Å². The molecule has 3 nitrogen and oxygen atoms in total. The molecule has 1 aromatic carbocycles. The van der Waals surface area contributed by atoms with E-state index in [1.165, 1.54) is 44.1 Å². The van der Waals surface area contributed by atoms with Gasteiger partial charge in [0.2, 0.25) is 0 Å². The van der Waals surface area contributed by atoms with E-state index in [0.29, 0.717) is 17.8 Å². The average Bonchev–Trinajstić information content (AvgIpc) is 3.27. The predicted molar refractivity (Wildman–Crippen MR) is 140 cm³/mol. The second-order valence-electron chi connectivity index (χ2n) is 13.7. The molecular formula is C30H46O3Si. The zero-order valence-corrected chi connectivity index (χ0v) is 23.4. The molecule has 0 unspecified atom stereocenters. The van der Waals surface area contributed by atoms with Crippen molar-refractivity contribution in [2.45, 2.75) is 115 Å². The maximum atomic E-state index is 14.1. The van der Waals surface area contributed by atoms with Crippen molar-refractivity contribution >= 4 is 14.3 Å². The third-order valence-electron chi connectivity index (χ3n) is 10.3. The van der Waals surface area contributed by atoms with Crippen LogP contribution in [-0.2, 0) is 19.4 Å². The summed E-state index contributed by atoms with van der Waals surface area (Å²) in [5.74, 6) is 1.44. The van der Waals surface area contributed by atoms with Crippen LogP contribution in [0.3, 0.4) is 0 Å². The van der Waals surface area contributed by atoms with Gasteiger partial charge in [-0.2, -0.15) is 0 Å². The van der Waals surface area contributed by atoms with Crippen molar-refractivity contribution in [1.29, 1.82) is 0 Å². The Morgan fingerprint density at radius 3 is 2.41 bits per heavy atom. The molecule has 4 aliphatic rings. The van der Waals surface area contributed by atoms with Gasteiger partial charge in [-0.05, 0) is 87.4 Å². The van der Waals surface area contributed by atoms with Gasteiger partial charge < -0.3 is 9.16 Å². The highest BCUT2D eigenvalue weighted by Gasteiger charge is 2.78. The van der Waals surface area contributed by atoms with Gasteiger partial charge in [0.1, 0.15) is 6.10 Å². The molecule has 4 saturated carbocycles. The molecule has 0 amide bonds.